The number of nitriles is 2. The lowest BCUT2D eigenvalue weighted by molar-refractivity contribution is 0.927. The van der Waals surface area contributed by atoms with Crippen LogP contribution in [-0.2, 0) is 0 Å². The van der Waals surface area contributed by atoms with Gasteiger partial charge in [-0.15, -0.1) is 0 Å². The van der Waals surface area contributed by atoms with Gasteiger partial charge in [0, 0.05) is 19.4 Å². The van der Waals surface area contributed by atoms with E-state index in [0.29, 0.717) is 17.3 Å². The minimum atomic E-state index is 0.0935. The van der Waals surface area contributed by atoms with Crippen molar-refractivity contribution in [3.05, 3.63) is 18.6 Å². The largest absolute Gasteiger partial charge is 0.372 e. The van der Waals surface area contributed by atoms with Gasteiger partial charge in [-0.05, 0) is 0 Å². The smallest absolute Gasteiger partial charge is 0.180 e. The molecule has 0 bridgehead atoms. The number of aromatic nitrogens is 3. The predicted octanol–water partition coefficient (Wildman–Crippen LogP) is 0.625. The van der Waals surface area contributed by atoms with Gasteiger partial charge in [0.05, 0.1) is 18.3 Å². The van der Waals surface area contributed by atoms with Crippen molar-refractivity contribution >= 4 is 17.3 Å². The lowest BCUT2D eigenvalue weighted by Crippen LogP contribution is -2.26. The molecule has 1 N–H and O–H groups in total. The van der Waals surface area contributed by atoms with Crippen LogP contribution in [0.4, 0.5) is 11.6 Å². The van der Waals surface area contributed by atoms with Gasteiger partial charge in [0.2, 0.25) is 0 Å². The summed E-state index contributed by atoms with van der Waals surface area (Å²) in [5.74, 6) is 1.17. The summed E-state index contributed by atoms with van der Waals surface area (Å²) >= 11 is 0. The summed E-state index contributed by atoms with van der Waals surface area (Å²) in [6.45, 7) is 0.187. The Hall–Kier alpha value is -2.80. The Bertz CT molecular complexity index is 615. The molecule has 0 aliphatic rings. The Labute approximate surface area is 104 Å². The molecular weight excluding hydrogens is 230 g/mol. The van der Waals surface area contributed by atoms with Crippen molar-refractivity contribution in [2.24, 2.45) is 0 Å². The Morgan fingerprint density at radius 2 is 2.11 bits per heavy atom. The molecule has 0 amide bonds. The zero-order chi connectivity index (χ0) is 13.0. The molecule has 2 aromatic rings. The molecule has 18 heavy (non-hydrogen) atoms. The summed E-state index contributed by atoms with van der Waals surface area (Å²) in [5.41, 5.74) is 0.625. The van der Waals surface area contributed by atoms with E-state index < -0.39 is 0 Å². The van der Waals surface area contributed by atoms with E-state index in [0.717, 1.165) is 0 Å². The third-order valence-corrected chi connectivity index (χ3v) is 2.44. The van der Waals surface area contributed by atoms with Crippen molar-refractivity contribution in [2.75, 3.05) is 30.4 Å². The summed E-state index contributed by atoms with van der Waals surface area (Å²) < 4.78 is 1.80. The number of nitrogens with one attached hydrogen (secondary N) is 1. The van der Waals surface area contributed by atoms with E-state index in [2.05, 4.69) is 15.3 Å². The standard InChI is InChI=1S/C11H11N7/c1-14-9-8-18-7-4-15-10(18)11(16-9)17(5-2-12)6-3-13/h4,7-8,14H,5-6H2,1H3. The molecule has 0 aromatic carbocycles. The number of rotatable bonds is 4. The summed E-state index contributed by atoms with van der Waals surface area (Å²) in [6.07, 6.45) is 5.23. The summed E-state index contributed by atoms with van der Waals surface area (Å²) in [6, 6.07) is 4.05. The van der Waals surface area contributed by atoms with Crippen molar-refractivity contribution in [3.8, 4) is 12.1 Å². The van der Waals surface area contributed by atoms with E-state index in [9.17, 15) is 0 Å². The summed E-state index contributed by atoms with van der Waals surface area (Å²) in [4.78, 5) is 10.1. The number of hydrogen-bond acceptors (Lipinski definition) is 6. The van der Waals surface area contributed by atoms with Gasteiger partial charge in [-0.1, -0.05) is 0 Å². The minimum Gasteiger partial charge on any atom is -0.372 e. The highest BCUT2D eigenvalue weighted by atomic mass is 15.2. The molecule has 2 rings (SSSR count). The molecule has 90 valence electrons. The first-order chi connectivity index (χ1) is 8.80. The van der Waals surface area contributed by atoms with E-state index in [1.807, 2.05) is 12.1 Å². The highest BCUT2D eigenvalue weighted by Crippen LogP contribution is 2.19. The molecular formula is C11H11N7. The summed E-state index contributed by atoms with van der Waals surface area (Å²) in [5, 5.41) is 20.5. The van der Waals surface area contributed by atoms with E-state index in [1.165, 1.54) is 0 Å². The van der Waals surface area contributed by atoms with Crippen LogP contribution in [-0.4, -0.2) is 34.5 Å². The zero-order valence-corrected chi connectivity index (χ0v) is 9.83. The van der Waals surface area contributed by atoms with Crippen LogP contribution in [0.25, 0.3) is 5.65 Å². The molecule has 0 atom stereocenters. The lowest BCUT2D eigenvalue weighted by Gasteiger charge is -2.18. The Balaban J connectivity index is 2.56. The molecule has 7 nitrogen and oxygen atoms in total. The fourth-order valence-electron chi connectivity index (χ4n) is 1.62. The van der Waals surface area contributed by atoms with Gasteiger partial charge in [-0.25, -0.2) is 9.97 Å². The molecule has 0 aliphatic carbocycles. The molecule has 0 fully saturated rings. The topological polar surface area (TPSA) is 93.0 Å². The van der Waals surface area contributed by atoms with Crippen LogP contribution in [0.15, 0.2) is 18.6 Å². The average molecular weight is 241 g/mol. The lowest BCUT2D eigenvalue weighted by atomic mass is 10.4. The second-order valence-electron chi connectivity index (χ2n) is 3.53. The summed E-state index contributed by atoms with van der Waals surface area (Å²) in [7, 11) is 1.76. The first-order valence-electron chi connectivity index (χ1n) is 5.30. The van der Waals surface area contributed by atoms with E-state index in [-0.39, 0.29) is 13.1 Å². The zero-order valence-electron chi connectivity index (χ0n) is 9.83. The van der Waals surface area contributed by atoms with Crippen LogP contribution < -0.4 is 10.2 Å². The van der Waals surface area contributed by atoms with E-state index >= 15 is 0 Å². The van der Waals surface area contributed by atoms with Crippen LogP contribution in [0.2, 0.25) is 0 Å². The quantitative estimate of drug-likeness (QED) is 0.789. The van der Waals surface area contributed by atoms with Gasteiger partial charge < -0.3 is 14.6 Å². The third-order valence-electron chi connectivity index (χ3n) is 2.44. The van der Waals surface area contributed by atoms with Crippen LogP contribution in [0, 0.1) is 22.7 Å². The maximum Gasteiger partial charge on any atom is 0.180 e. The molecule has 0 aliphatic heterocycles. The minimum absolute atomic E-state index is 0.0935. The number of fused-ring (bicyclic) bond motifs is 1. The number of hydrogen-bond donors (Lipinski definition) is 1. The fourth-order valence-corrected chi connectivity index (χ4v) is 1.62. The van der Waals surface area contributed by atoms with Crippen molar-refractivity contribution in [1.29, 1.82) is 10.5 Å². The Kier molecular flexibility index (Phi) is 3.26. The molecule has 2 aromatic heterocycles. The highest BCUT2D eigenvalue weighted by Gasteiger charge is 2.14. The van der Waals surface area contributed by atoms with Crippen LogP contribution in [0.1, 0.15) is 0 Å². The van der Waals surface area contributed by atoms with Crippen molar-refractivity contribution in [2.45, 2.75) is 0 Å². The maximum atomic E-state index is 8.80. The highest BCUT2D eigenvalue weighted by molar-refractivity contribution is 5.67. The number of nitrogens with zero attached hydrogens (tertiary/aromatic N) is 6. The number of imidazole rings is 1. The SMILES string of the molecule is CNc1cn2ccnc2c(N(CC#N)CC#N)n1. The van der Waals surface area contributed by atoms with Crippen molar-refractivity contribution in [3.63, 3.8) is 0 Å². The van der Waals surface area contributed by atoms with E-state index in [4.69, 9.17) is 10.5 Å². The second kappa shape index (κ2) is 5.02. The van der Waals surface area contributed by atoms with Gasteiger partial charge in [-0.3, -0.25) is 0 Å². The number of anilines is 2. The first-order valence-corrected chi connectivity index (χ1v) is 5.30. The Morgan fingerprint density at radius 3 is 2.72 bits per heavy atom. The molecule has 0 saturated heterocycles. The Morgan fingerprint density at radius 1 is 1.39 bits per heavy atom. The molecule has 2 heterocycles. The molecule has 0 unspecified atom stereocenters. The van der Waals surface area contributed by atoms with Gasteiger partial charge in [0.25, 0.3) is 0 Å². The van der Waals surface area contributed by atoms with Crippen LogP contribution >= 0.6 is 0 Å². The molecule has 7 heteroatoms. The van der Waals surface area contributed by atoms with Crippen molar-refractivity contribution in [1.82, 2.24) is 14.4 Å². The predicted molar refractivity (Wildman–Crippen MR) is 66.0 cm³/mol. The van der Waals surface area contributed by atoms with Gasteiger partial charge in [0.1, 0.15) is 18.9 Å². The maximum absolute atomic E-state index is 8.80. The van der Waals surface area contributed by atoms with E-state index in [1.54, 1.807) is 34.9 Å². The monoisotopic (exact) mass is 241 g/mol. The normalized spacial score (nSPS) is 9.72. The fraction of sp³-hybridized carbons (Fsp3) is 0.273. The van der Waals surface area contributed by atoms with Gasteiger partial charge in [0.15, 0.2) is 11.5 Å². The average Bonchev–Trinajstić information content (AvgIpc) is 2.85. The molecule has 0 saturated carbocycles. The molecule has 0 radical (unpaired) electrons. The van der Waals surface area contributed by atoms with Gasteiger partial charge >= 0.3 is 0 Å². The van der Waals surface area contributed by atoms with Gasteiger partial charge in [-0.2, -0.15) is 10.5 Å². The van der Waals surface area contributed by atoms with Crippen LogP contribution in [0.3, 0.4) is 0 Å². The molecule has 0 spiro atoms. The van der Waals surface area contributed by atoms with Crippen molar-refractivity contribution < 1.29 is 0 Å². The second-order valence-corrected chi connectivity index (χ2v) is 3.53. The van der Waals surface area contributed by atoms with Crippen LogP contribution in [0.5, 0.6) is 0 Å². The first kappa shape index (κ1) is 11.7. The third kappa shape index (κ3) is 2.02.